The number of hydrogen-bond acceptors (Lipinski definition) is 6. The van der Waals surface area contributed by atoms with Crippen LogP contribution >= 0.6 is 11.6 Å². The molecule has 0 aliphatic rings. The fraction of sp³-hybridized carbons (Fsp3) is 0.389. The lowest BCUT2D eigenvalue weighted by molar-refractivity contribution is -0.384. The zero-order chi connectivity index (χ0) is 21.7. The van der Waals surface area contributed by atoms with Crippen LogP contribution < -0.4 is 21.9 Å². The average molecular weight is 424 g/mol. The Labute approximate surface area is 171 Å². The number of nitro groups is 1. The van der Waals surface area contributed by atoms with Gasteiger partial charge in [0.25, 0.3) is 17.2 Å². The van der Waals surface area contributed by atoms with Gasteiger partial charge in [0.05, 0.1) is 4.92 Å². The molecule has 11 heteroatoms. The number of halogens is 1. The molecule has 0 aliphatic carbocycles. The Morgan fingerprint density at radius 3 is 2.59 bits per heavy atom. The number of carbonyl (C=O) groups is 1. The van der Waals surface area contributed by atoms with E-state index in [1.54, 1.807) is 0 Å². The summed E-state index contributed by atoms with van der Waals surface area (Å²) in [4.78, 5) is 51.5. The number of amides is 1. The van der Waals surface area contributed by atoms with Gasteiger partial charge in [0.2, 0.25) is 0 Å². The minimum absolute atomic E-state index is 0.0238. The van der Waals surface area contributed by atoms with E-state index in [9.17, 15) is 24.5 Å². The number of rotatable bonds is 8. The third kappa shape index (κ3) is 4.65. The zero-order valence-corrected chi connectivity index (χ0v) is 16.9. The number of hydrogen-bond donors (Lipinski definition) is 2. The Balaban J connectivity index is 2.64. The van der Waals surface area contributed by atoms with Crippen LogP contribution in [-0.2, 0) is 6.54 Å². The topological polar surface area (TPSA) is 144 Å². The monoisotopic (exact) mass is 423 g/mol. The lowest BCUT2D eigenvalue weighted by Crippen LogP contribution is -2.41. The molecule has 0 unspecified atom stereocenters. The fourth-order valence-corrected chi connectivity index (χ4v) is 3.04. The molecule has 1 heterocycles. The van der Waals surface area contributed by atoms with Gasteiger partial charge in [0.15, 0.2) is 5.69 Å². The number of H-pyrrole nitrogens is 1. The van der Waals surface area contributed by atoms with Crippen LogP contribution in [0.4, 0.5) is 17.2 Å². The SMILES string of the molecule is CCCCN(C(=O)c1ccc(Cl)c([N+](=O)[O-])c1)c1c(N)n(CCC)c(=O)[nH]c1=O. The summed E-state index contributed by atoms with van der Waals surface area (Å²) in [6.07, 6.45) is 1.85. The smallest absolute Gasteiger partial charge is 0.330 e. The Morgan fingerprint density at radius 2 is 2.00 bits per heavy atom. The van der Waals surface area contributed by atoms with Crippen LogP contribution in [0.2, 0.25) is 5.02 Å². The van der Waals surface area contributed by atoms with Crippen molar-refractivity contribution in [2.45, 2.75) is 39.7 Å². The predicted octanol–water partition coefficient (Wildman–Crippen LogP) is 2.54. The standard InChI is InChI=1S/C18H22ClN5O5/c1-3-5-9-22(14-15(20)23(8-4-2)18(27)21-16(14)25)17(26)11-6-7-12(19)13(10-11)24(28)29/h6-7,10H,3-5,8-9,20H2,1-2H3,(H,21,25,27). The van der Waals surface area contributed by atoms with E-state index >= 15 is 0 Å². The van der Waals surface area contributed by atoms with Gasteiger partial charge in [0.1, 0.15) is 10.8 Å². The zero-order valence-electron chi connectivity index (χ0n) is 16.1. The number of aromatic amines is 1. The Hall–Kier alpha value is -3.14. The van der Waals surface area contributed by atoms with Gasteiger partial charge in [-0.15, -0.1) is 0 Å². The van der Waals surface area contributed by atoms with Crippen LogP contribution in [0, 0.1) is 10.1 Å². The van der Waals surface area contributed by atoms with Gasteiger partial charge in [0, 0.05) is 24.7 Å². The highest BCUT2D eigenvalue weighted by molar-refractivity contribution is 6.32. The third-order valence-corrected chi connectivity index (χ3v) is 4.62. The quantitative estimate of drug-likeness (QED) is 0.493. The molecule has 1 aromatic heterocycles. The first-order valence-corrected chi connectivity index (χ1v) is 9.49. The van der Waals surface area contributed by atoms with E-state index in [1.807, 2.05) is 13.8 Å². The van der Waals surface area contributed by atoms with Crippen molar-refractivity contribution in [1.82, 2.24) is 9.55 Å². The summed E-state index contributed by atoms with van der Waals surface area (Å²) in [6.45, 7) is 4.14. The molecule has 0 aliphatic heterocycles. The van der Waals surface area contributed by atoms with Gasteiger partial charge >= 0.3 is 5.69 Å². The predicted molar refractivity (Wildman–Crippen MR) is 111 cm³/mol. The van der Waals surface area contributed by atoms with Crippen molar-refractivity contribution < 1.29 is 9.72 Å². The number of aromatic nitrogens is 2. The minimum atomic E-state index is -0.798. The number of nitrogens with two attached hydrogens (primary N) is 1. The molecule has 3 N–H and O–H groups in total. The molecule has 1 amide bonds. The van der Waals surface area contributed by atoms with E-state index in [2.05, 4.69) is 4.98 Å². The van der Waals surface area contributed by atoms with Crippen LogP contribution in [0.3, 0.4) is 0 Å². The van der Waals surface area contributed by atoms with Gasteiger partial charge in [-0.2, -0.15) is 0 Å². The van der Waals surface area contributed by atoms with Crippen molar-refractivity contribution in [3.05, 3.63) is 59.7 Å². The molecule has 0 saturated carbocycles. The van der Waals surface area contributed by atoms with Crippen LogP contribution in [-0.4, -0.2) is 26.9 Å². The molecule has 0 bridgehead atoms. The molecule has 0 atom stereocenters. The number of carbonyl (C=O) groups excluding carboxylic acids is 1. The number of benzene rings is 1. The van der Waals surface area contributed by atoms with Crippen molar-refractivity contribution in [1.29, 1.82) is 0 Å². The molecule has 0 fully saturated rings. The summed E-state index contributed by atoms with van der Waals surface area (Å²) >= 11 is 5.82. The van der Waals surface area contributed by atoms with E-state index in [0.29, 0.717) is 12.8 Å². The van der Waals surface area contributed by atoms with Crippen LogP contribution in [0.5, 0.6) is 0 Å². The van der Waals surface area contributed by atoms with E-state index < -0.39 is 27.8 Å². The van der Waals surface area contributed by atoms with Crippen molar-refractivity contribution >= 4 is 34.7 Å². The highest BCUT2D eigenvalue weighted by Crippen LogP contribution is 2.27. The molecule has 29 heavy (non-hydrogen) atoms. The maximum absolute atomic E-state index is 13.2. The number of unbranched alkanes of at least 4 members (excludes halogenated alkanes) is 1. The Bertz CT molecular complexity index is 1050. The molecule has 2 aromatic rings. The van der Waals surface area contributed by atoms with Crippen LogP contribution in [0.15, 0.2) is 27.8 Å². The van der Waals surface area contributed by atoms with Crippen LogP contribution in [0.25, 0.3) is 0 Å². The van der Waals surface area contributed by atoms with Gasteiger partial charge in [-0.1, -0.05) is 31.9 Å². The van der Waals surface area contributed by atoms with Crippen LogP contribution in [0.1, 0.15) is 43.5 Å². The summed E-state index contributed by atoms with van der Waals surface area (Å²) in [7, 11) is 0. The number of nitrogens with one attached hydrogen (secondary N) is 1. The van der Waals surface area contributed by atoms with Crippen molar-refractivity contribution in [2.75, 3.05) is 17.2 Å². The maximum atomic E-state index is 13.2. The number of anilines is 2. The molecule has 10 nitrogen and oxygen atoms in total. The lowest BCUT2D eigenvalue weighted by atomic mass is 10.1. The third-order valence-electron chi connectivity index (χ3n) is 4.30. The van der Waals surface area contributed by atoms with Gasteiger partial charge in [-0.3, -0.25) is 29.3 Å². The van der Waals surface area contributed by atoms with Crippen molar-refractivity contribution in [3.63, 3.8) is 0 Å². The second kappa shape index (κ2) is 9.37. The molecule has 156 valence electrons. The molecule has 0 radical (unpaired) electrons. The Kier molecular flexibility index (Phi) is 7.16. The molecule has 2 rings (SSSR count). The number of nitrogens with zero attached hydrogens (tertiary/aromatic N) is 3. The summed E-state index contributed by atoms with van der Waals surface area (Å²) in [5.74, 6) is -0.786. The summed E-state index contributed by atoms with van der Waals surface area (Å²) in [5, 5.41) is 11.0. The highest BCUT2D eigenvalue weighted by Gasteiger charge is 2.26. The Morgan fingerprint density at radius 1 is 1.31 bits per heavy atom. The molecular weight excluding hydrogens is 402 g/mol. The van der Waals surface area contributed by atoms with Crippen molar-refractivity contribution in [3.8, 4) is 0 Å². The first kappa shape index (κ1) is 22.2. The van der Waals surface area contributed by atoms with Gasteiger partial charge < -0.3 is 10.6 Å². The maximum Gasteiger partial charge on any atom is 0.330 e. The summed E-state index contributed by atoms with van der Waals surface area (Å²) < 4.78 is 1.19. The lowest BCUT2D eigenvalue weighted by Gasteiger charge is -2.24. The second-order valence-corrected chi connectivity index (χ2v) is 6.79. The highest BCUT2D eigenvalue weighted by atomic mass is 35.5. The minimum Gasteiger partial charge on any atom is -0.383 e. The van der Waals surface area contributed by atoms with E-state index in [1.165, 1.54) is 16.7 Å². The normalized spacial score (nSPS) is 10.7. The van der Waals surface area contributed by atoms with Gasteiger partial charge in [-0.05, 0) is 25.0 Å². The molecule has 1 aromatic carbocycles. The summed E-state index contributed by atoms with van der Waals surface area (Å²) in [5.41, 5.74) is 4.01. The fourth-order valence-electron chi connectivity index (χ4n) is 2.86. The second-order valence-electron chi connectivity index (χ2n) is 6.38. The molecular formula is C18H22ClN5O5. The largest absolute Gasteiger partial charge is 0.383 e. The number of nitrogen functional groups attached to an aromatic ring is 1. The number of nitro benzene ring substituents is 1. The average Bonchev–Trinajstić information content (AvgIpc) is 2.67. The molecule has 0 spiro atoms. The van der Waals surface area contributed by atoms with Gasteiger partial charge in [-0.25, -0.2) is 4.79 Å². The van der Waals surface area contributed by atoms with Crippen molar-refractivity contribution in [2.24, 2.45) is 0 Å². The molecule has 0 saturated heterocycles. The van der Waals surface area contributed by atoms with E-state index in [4.69, 9.17) is 17.3 Å². The summed E-state index contributed by atoms with van der Waals surface area (Å²) in [6, 6.07) is 3.63. The first-order chi connectivity index (χ1) is 13.7. The van der Waals surface area contributed by atoms with E-state index in [-0.39, 0.29) is 35.2 Å². The van der Waals surface area contributed by atoms with E-state index in [0.717, 1.165) is 17.4 Å². The first-order valence-electron chi connectivity index (χ1n) is 9.11.